The predicted octanol–water partition coefficient (Wildman–Crippen LogP) is 2.52. The van der Waals surface area contributed by atoms with Crippen LogP contribution in [0.15, 0.2) is 30.3 Å². The van der Waals surface area contributed by atoms with Crippen LogP contribution >= 0.6 is 0 Å². The average molecular weight is 199 g/mol. The third-order valence-electron chi connectivity index (χ3n) is 2.93. The average Bonchev–Trinajstić information content (AvgIpc) is 2.29. The summed E-state index contributed by atoms with van der Waals surface area (Å²) in [4.78, 5) is 2.36. The maximum absolute atomic E-state index is 3.36. The Bertz CT molecular complexity index is 358. The van der Waals surface area contributed by atoms with Crippen LogP contribution in [0.2, 0.25) is 0 Å². The lowest BCUT2D eigenvalue weighted by atomic mass is 10.0. The molecule has 1 unspecified atom stereocenters. The summed E-state index contributed by atoms with van der Waals surface area (Å²) in [6.45, 7) is 1.19. The Morgan fingerprint density at radius 3 is 2.73 bits per heavy atom. The summed E-state index contributed by atoms with van der Waals surface area (Å²) in [5.41, 5.74) is 1.12. The van der Waals surface area contributed by atoms with Crippen molar-refractivity contribution >= 4 is 0 Å². The molecule has 0 spiro atoms. The number of likely N-dealkylation sites (tertiary alicyclic amines) is 1. The largest absolute Gasteiger partial charge is 0.293 e. The zero-order valence-electron chi connectivity index (χ0n) is 9.24. The molecule has 0 N–H and O–H groups in total. The smallest absolute Gasteiger partial charge is 0.0715 e. The second-order valence-corrected chi connectivity index (χ2v) is 4.13. The van der Waals surface area contributed by atoms with Crippen LogP contribution < -0.4 is 0 Å². The lowest BCUT2D eigenvalue weighted by Crippen LogP contribution is -2.34. The van der Waals surface area contributed by atoms with Crippen molar-refractivity contribution in [2.45, 2.75) is 25.3 Å². The molecule has 1 aliphatic rings. The van der Waals surface area contributed by atoms with Crippen molar-refractivity contribution in [3.05, 3.63) is 35.9 Å². The van der Waals surface area contributed by atoms with E-state index in [4.69, 9.17) is 0 Å². The predicted molar refractivity (Wildman–Crippen MR) is 63.6 cm³/mol. The lowest BCUT2D eigenvalue weighted by Gasteiger charge is -2.28. The van der Waals surface area contributed by atoms with Crippen LogP contribution in [-0.4, -0.2) is 24.5 Å². The molecule has 0 aliphatic carbocycles. The molecule has 2 rings (SSSR count). The minimum atomic E-state index is 0.457. The Balaban J connectivity index is 2.04. The molecule has 15 heavy (non-hydrogen) atoms. The number of piperidine rings is 1. The molecule has 1 aliphatic heterocycles. The fraction of sp³-hybridized carbons (Fsp3) is 0.429. The number of benzene rings is 1. The fourth-order valence-electron chi connectivity index (χ4n) is 1.95. The van der Waals surface area contributed by atoms with E-state index in [2.05, 4.69) is 35.9 Å². The molecule has 1 heterocycles. The Morgan fingerprint density at radius 2 is 2.00 bits per heavy atom. The molecule has 1 heteroatoms. The zero-order valence-corrected chi connectivity index (χ0v) is 9.24. The van der Waals surface area contributed by atoms with Gasteiger partial charge in [-0.1, -0.05) is 30.0 Å². The Labute approximate surface area is 92.1 Å². The van der Waals surface area contributed by atoms with Gasteiger partial charge in [0.1, 0.15) is 0 Å². The van der Waals surface area contributed by atoms with Gasteiger partial charge in [0.25, 0.3) is 0 Å². The highest BCUT2D eigenvalue weighted by Crippen LogP contribution is 2.14. The van der Waals surface area contributed by atoms with E-state index in [9.17, 15) is 0 Å². The van der Waals surface area contributed by atoms with Crippen LogP contribution in [0, 0.1) is 11.8 Å². The van der Waals surface area contributed by atoms with E-state index in [0.717, 1.165) is 5.56 Å². The minimum absolute atomic E-state index is 0.457. The highest BCUT2D eigenvalue weighted by Gasteiger charge is 2.15. The van der Waals surface area contributed by atoms with Crippen molar-refractivity contribution in [2.75, 3.05) is 13.6 Å². The summed E-state index contributed by atoms with van der Waals surface area (Å²) in [5, 5.41) is 0. The maximum Gasteiger partial charge on any atom is 0.0715 e. The maximum atomic E-state index is 3.36. The highest BCUT2D eigenvalue weighted by molar-refractivity contribution is 5.34. The summed E-state index contributed by atoms with van der Waals surface area (Å²) in [7, 11) is 2.17. The van der Waals surface area contributed by atoms with Crippen molar-refractivity contribution in [2.24, 2.45) is 0 Å². The second kappa shape index (κ2) is 5.00. The third-order valence-corrected chi connectivity index (χ3v) is 2.93. The van der Waals surface area contributed by atoms with E-state index >= 15 is 0 Å². The molecule has 78 valence electrons. The summed E-state index contributed by atoms with van der Waals surface area (Å²) >= 11 is 0. The van der Waals surface area contributed by atoms with Crippen LogP contribution in [0.3, 0.4) is 0 Å². The van der Waals surface area contributed by atoms with Gasteiger partial charge in [-0.2, -0.15) is 0 Å². The van der Waals surface area contributed by atoms with Crippen molar-refractivity contribution in [3.8, 4) is 11.8 Å². The minimum Gasteiger partial charge on any atom is -0.293 e. The first-order valence-electron chi connectivity index (χ1n) is 5.63. The summed E-state index contributed by atoms with van der Waals surface area (Å²) < 4.78 is 0. The Morgan fingerprint density at radius 1 is 1.20 bits per heavy atom. The first-order valence-corrected chi connectivity index (χ1v) is 5.63. The molecule has 1 nitrogen and oxygen atoms in total. The van der Waals surface area contributed by atoms with Gasteiger partial charge in [0.2, 0.25) is 0 Å². The van der Waals surface area contributed by atoms with Crippen molar-refractivity contribution < 1.29 is 0 Å². The van der Waals surface area contributed by atoms with Crippen molar-refractivity contribution in [1.29, 1.82) is 0 Å². The molecule has 0 aromatic heterocycles. The third kappa shape index (κ3) is 2.84. The molecule has 1 aromatic carbocycles. The number of hydrogen-bond acceptors (Lipinski definition) is 1. The normalized spacial score (nSPS) is 21.8. The van der Waals surface area contributed by atoms with Crippen molar-refractivity contribution in [1.82, 2.24) is 4.90 Å². The SMILES string of the molecule is CN1CCCCC1C#Cc1ccccc1. The molecule has 1 fully saturated rings. The Kier molecular flexibility index (Phi) is 3.42. The second-order valence-electron chi connectivity index (χ2n) is 4.13. The lowest BCUT2D eigenvalue weighted by molar-refractivity contribution is 0.229. The van der Waals surface area contributed by atoms with Crippen LogP contribution in [0.5, 0.6) is 0 Å². The van der Waals surface area contributed by atoms with E-state index in [-0.39, 0.29) is 0 Å². The summed E-state index contributed by atoms with van der Waals surface area (Å²) in [6.07, 6.45) is 3.86. The molecular formula is C14H17N. The van der Waals surface area contributed by atoms with E-state index in [0.29, 0.717) is 6.04 Å². The van der Waals surface area contributed by atoms with E-state index < -0.39 is 0 Å². The van der Waals surface area contributed by atoms with Crippen LogP contribution in [0.25, 0.3) is 0 Å². The van der Waals surface area contributed by atoms with E-state index in [1.54, 1.807) is 0 Å². The molecular weight excluding hydrogens is 182 g/mol. The van der Waals surface area contributed by atoms with Gasteiger partial charge < -0.3 is 0 Å². The first-order chi connectivity index (χ1) is 7.36. The van der Waals surface area contributed by atoms with Gasteiger partial charge in [-0.25, -0.2) is 0 Å². The van der Waals surface area contributed by atoms with Crippen LogP contribution in [-0.2, 0) is 0 Å². The van der Waals surface area contributed by atoms with Crippen LogP contribution in [0.4, 0.5) is 0 Å². The Hall–Kier alpha value is -1.26. The standard InChI is InChI=1S/C14H17N/c1-15-12-6-5-9-14(15)11-10-13-7-3-2-4-8-13/h2-4,7-8,14H,5-6,9,12H2,1H3. The number of hydrogen-bond donors (Lipinski definition) is 0. The highest BCUT2D eigenvalue weighted by atomic mass is 15.1. The van der Waals surface area contributed by atoms with Gasteiger partial charge in [0, 0.05) is 5.56 Å². The fourth-order valence-corrected chi connectivity index (χ4v) is 1.95. The molecule has 0 saturated carbocycles. The van der Waals surface area contributed by atoms with Crippen molar-refractivity contribution in [3.63, 3.8) is 0 Å². The number of nitrogens with zero attached hydrogens (tertiary/aromatic N) is 1. The van der Waals surface area contributed by atoms with Gasteiger partial charge in [0.15, 0.2) is 0 Å². The van der Waals surface area contributed by atoms with E-state index in [1.165, 1.54) is 25.8 Å². The van der Waals surface area contributed by atoms with Gasteiger partial charge >= 0.3 is 0 Å². The monoisotopic (exact) mass is 199 g/mol. The zero-order chi connectivity index (χ0) is 10.5. The summed E-state index contributed by atoms with van der Waals surface area (Å²) in [6, 6.07) is 10.7. The van der Waals surface area contributed by atoms with Gasteiger partial charge in [0.05, 0.1) is 6.04 Å². The van der Waals surface area contributed by atoms with Crippen LogP contribution in [0.1, 0.15) is 24.8 Å². The molecule has 1 atom stereocenters. The van der Waals surface area contributed by atoms with Gasteiger partial charge in [-0.05, 0) is 45.0 Å². The quantitative estimate of drug-likeness (QED) is 0.580. The molecule has 0 radical (unpaired) electrons. The summed E-state index contributed by atoms with van der Waals surface area (Å²) in [5.74, 6) is 6.62. The molecule has 0 amide bonds. The molecule has 0 bridgehead atoms. The molecule has 1 aromatic rings. The van der Waals surface area contributed by atoms with E-state index in [1.807, 2.05) is 18.2 Å². The first kappa shape index (κ1) is 10.3. The number of rotatable bonds is 0. The van der Waals surface area contributed by atoms with Gasteiger partial charge in [-0.3, -0.25) is 4.90 Å². The topological polar surface area (TPSA) is 3.24 Å². The van der Waals surface area contributed by atoms with Gasteiger partial charge in [-0.15, -0.1) is 0 Å². The molecule has 1 saturated heterocycles.